The van der Waals surface area contributed by atoms with Gasteiger partial charge in [0.1, 0.15) is 5.54 Å². The number of urea groups is 1. The molecule has 0 saturated carbocycles. The Labute approximate surface area is 108 Å². The number of benzene rings is 1. The molecule has 0 bridgehead atoms. The fourth-order valence-electron chi connectivity index (χ4n) is 3.05. The van der Waals surface area contributed by atoms with Crippen molar-refractivity contribution in [1.82, 2.24) is 10.6 Å². The van der Waals surface area contributed by atoms with Gasteiger partial charge < -0.3 is 10.4 Å². The van der Waals surface area contributed by atoms with E-state index in [0.717, 1.165) is 5.56 Å². The number of fused-ring (bicyclic) bond motifs is 2. The van der Waals surface area contributed by atoms with Gasteiger partial charge in [0, 0.05) is 0 Å². The van der Waals surface area contributed by atoms with E-state index in [2.05, 4.69) is 10.6 Å². The molecule has 1 aromatic rings. The molecule has 2 unspecified atom stereocenters. The van der Waals surface area contributed by atoms with Crippen LogP contribution in [0.3, 0.4) is 0 Å². The summed E-state index contributed by atoms with van der Waals surface area (Å²) in [7, 11) is 0. The number of aliphatic carboxylic acids is 1. The van der Waals surface area contributed by atoms with E-state index >= 15 is 0 Å². The Morgan fingerprint density at radius 3 is 2.74 bits per heavy atom. The minimum Gasteiger partial charge on any atom is -0.481 e. The van der Waals surface area contributed by atoms with Crippen LogP contribution >= 0.6 is 0 Å². The van der Waals surface area contributed by atoms with Gasteiger partial charge in [-0.3, -0.25) is 14.9 Å². The molecule has 2 atom stereocenters. The van der Waals surface area contributed by atoms with Crippen LogP contribution < -0.4 is 10.6 Å². The van der Waals surface area contributed by atoms with Gasteiger partial charge in [0.25, 0.3) is 5.91 Å². The number of carboxylic acids is 1. The summed E-state index contributed by atoms with van der Waals surface area (Å²) in [6.45, 7) is 0. The van der Waals surface area contributed by atoms with Gasteiger partial charge in [0.05, 0.1) is 6.42 Å². The molecule has 1 aliphatic heterocycles. The predicted octanol–water partition coefficient (Wildman–Crippen LogP) is 0.683. The number of carbonyl (C=O) groups is 3. The zero-order chi connectivity index (χ0) is 13.6. The molecule has 1 saturated heterocycles. The molecular weight excluding hydrogens is 248 g/mol. The van der Waals surface area contributed by atoms with Crippen LogP contribution in [-0.4, -0.2) is 23.0 Å². The lowest BCUT2D eigenvalue weighted by Crippen LogP contribution is -2.41. The second-order valence-electron chi connectivity index (χ2n) is 4.90. The zero-order valence-electron chi connectivity index (χ0n) is 9.97. The van der Waals surface area contributed by atoms with E-state index in [-0.39, 0.29) is 18.8 Å². The van der Waals surface area contributed by atoms with Crippen molar-refractivity contribution in [2.75, 3.05) is 0 Å². The van der Waals surface area contributed by atoms with Crippen LogP contribution in [0.25, 0.3) is 0 Å². The average molecular weight is 260 g/mol. The number of amides is 3. The second-order valence-corrected chi connectivity index (χ2v) is 4.90. The van der Waals surface area contributed by atoms with Crippen molar-refractivity contribution in [3.05, 3.63) is 35.4 Å². The Bertz CT molecular complexity index is 598. The fraction of sp³-hybridized carbons (Fsp3) is 0.308. The van der Waals surface area contributed by atoms with E-state index in [9.17, 15) is 14.4 Å². The van der Waals surface area contributed by atoms with Crippen LogP contribution in [0.5, 0.6) is 0 Å². The Morgan fingerprint density at radius 2 is 2.11 bits per heavy atom. The van der Waals surface area contributed by atoms with Crippen molar-refractivity contribution in [2.24, 2.45) is 0 Å². The number of carbonyl (C=O) groups excluding carboxylic acids is 2. The lowest BCUT2D eigenvalue weighted by molar-refractivity contribution is -0.137. The van der Waals surface area contributed by atoms with Crippen molar-refractivity contribution in [2.45, 2.75) is 24.3 Å². The van der Waals surface area contributed by atoms with Crippen molar-refractivity contribution >= 4 is 17.9 Å². The molecule has 2 aliphatic rings. The Balaban J connectivity index is 2.08. The smallest absolute Gasteiger partial charge is 0.322 e. The molecule has 0 aromatic heterocycles. The van der Waals surface area contributed by atoms with E-state index in [1.54, 1.807) is 18.2 Å². The summed E-state index contributed by atoms with van der Waals surface area (Å²) in [4.78, 5) is 34.4. The highest BCUT2D eigenvalue weighted by Gasteiger charge is 2.54. The Morgan fingerprint density at radius 1 is 1.37 bits per heavy atom. The first-order valence-electron chi connectivity index (χ1n) is 5.98. The quantitative estimate of drug-likeness (QED) is 0.681. The second kappa shape index (κ2) is 3.81. The number of carboxylic acid groups (broad SMARTS) is 1. The molecule has 98 valence electrons. The molecule has 1 heterocycles. The normalized spacial score (nSPS) is 28.1. The first-order valence-corrected chi connectivity index (χ1v) is 5.98. The first-order chi connectivity index (χ1) is 9.03. The van der Waals surface area contributed by atoms with E-state index in [4.69, 9.17) is 5.11 Å². The lowest BCUT2D eigenvalue weighted by atomic mass is 9.91. The van der Waals surface area contributed by atoms with Crippen LogP contribution in [0.1, 0.15) is 29.9 Å². The van der Waals surface area contributed by atoms with Gasteiger partial charge in [-0.2, -0.15) is 0 Å². The van der Waals surface area contributed by atoms with Crippen LogP contribution in [0.2, 0.25) is 0 Å². The van der Waals surface area contributed by atoms with Crippen LogP contribution in [-0.2, 0) is 15.1 Å². The van der Waals surface area contributed by atoms with Gasteiger partial charge in [0.15, 0.2) is 0 Å². The van der Waals surface area contributed by atoms with E-state index in [1.807, 2.05) is 6.07 Å². The summed E-state index contributed by atoms with van der Waals surface area (Å²) in [5, 5.41) is 13.8. The maximum Gasteiger partial charge on any atom is 0.322 e. The van der Waals surface area contributed by atoms with E-state index < -0.39 is 23.4 Å². The Hall–Kier alpha value is -2.37. The highest BCUT2D eigenvalue weighted by molar-refractivity contribution is 6.08. The van der Waals surface area contributed by atoms with Gasteiger partial charge in [0.2, 0.25) is 0 Å². The summed E-state index contributed by atoms with van der Waals surface area (Å²) in [6.07, 6.45) is 0.234. The largest absolute Gasteiger partial charge is 0.481 e. The molecular formula is C13H12N2O4. The highest BCUT2D eigenvalue weighted by atomic mass is 16.4. The summed E-state index contributed by atoms with van der Waals surface area (Å²) in [6, 6.07) is 6.64. The van der Waals surface area contributed by atoms with Crippen molar-refractivity contribution in [3.8, 4) is 0 Å². The molecule has 1 fully saturated rings. The van der Waals surface area contributed by atoms with E-state index in [0.29, 0.717) is 5.56 Å². The van der Waals surface area contributed by atoms with Crippen LogP contribution in [0, 0.1) is 0 Å². The number of hydrogen-bond acceptors (Lipinski definition) is 3. The Kier molecular flexibility index (Phi) is 2.35. The minimum absolute atomic E-state index is 0.0537. The SMILES string of the molecule is O=C(O)CC1CC2(NC(=O)NC2=O)c2ccccc21. The molecule has 6 nitrogen and oxygen atoms in total. The number of rotatable bonds is 2. The van der Waals surface area contributed by atoms with Gasteiger partial charge in [-0.1, -0.05) is 24.3 Å². The molecule has 6 heteroatoms. The molecule has 19 heavy (non-hydrogen) atoms. The average Bonchev–Trinajstić information content (AvgIpc) is 2.79. The topological polar surface area (TPSA) is 95.5 Å². The van der Waals surface area contributed by atoms with Crippen LogP contribution in [0.15, 0.2) is 24.3 Å². The summed E-state index contributed by atoms with van der Waals surface area (Å²) >= 11 is 0. The number of nitrogens with one attached hydrogen (secondary N) is 2. The molecule has 1 aliphatic carbocycles. The molecule has 1 aromatic carbocycles. The van der Waals surface area contributed by atoms with Crippen molar-refractivity contribution < 1.29 is 19.5 Å². The summed E-state index contributed by atoms with van der Waals surface area (Å²) < 4.78 is 0. The number of imide groups is 1. The third kappa shape index (κ3) is 1.60. The molecule has 3 amide bonds. The maximum atomic E-state index is 12.1. The van der Waals surface area contributed by atoms with Crippen molar-refractivity contribution in [3.63, 3.8) is 0 Å². The monoisotopic (exact) mass is 260 g/mol. The lowest BCUT2D eigenvalue weighted by Gasteiger charge is -2.21. The minimum atomic E-state index is -1.10. The van der Waals surface area contributed by atoms with Gasteiger partial charge in [-0.25, -0.2) is 4.79 Å². The van der Waals surface area contributed by atoms with Gasteiger partial charge in [-0.15, -0.1) is 0 Å². The van der Waals surface area contributed by atoms with Gasteiger partial charge in [-0.05, 0) is 23.5 Å². The molecule has 1 spiro atoms. The highest BCUT2D eigenvalue weighted by Crippen LogP contribution is 2.47. The van der Waals surface area contributed by atoms with E-state index in [1.165, 1.54) is 0 Å². The third-order valence-corrected chi connectivity index (χ3v) is 3.78. The predicted molar refractivity (Wildman–Crippen MR) is 64.4 cm³/mol. The third-order valence-electron chi connectivity index (χ3n) is 3.78. The fourth-order valence-corrected chi connectivity index (χ4v) is 3.05. The standard InChI is InChI=1S/C13H12N2O4/c16-10(17)5-7-6-13(11(18)14-12(19)15-13)9-4-2-1-3-8(7)9/h1-4,7H,5-6H2,(H,16,17)(H2,14,15,18,19). The van der Waals surface area contributed by atoms with Gasteiger partial charge >= 0.3 is 12.0 Å². The van der Waals surface area contributed by atoms with Crippen molar-refractivity contribution in [1.29, 1.82) is 0 Å². The zero-order valence-corrected chi connectivity index (χ0v) is 9.97. The maximum absolute atomic E-state index is 12.1. The number of hydrogen-bond donors (Lipinski definition) is 3. The molecule has 3 rings (SSSR count). The molecule has 0 radical (unpaired) electrons. The van der Waals surface area contributed by atoms with Crippen LogP contribution in [0.4, 0.5) is 4.79 Å². The summed E-state index contributed by atoms with van der Waals surface area (Å²) in [5.74, 6) is -1.59. The first kappa shape index (κ1) is 11.7. The molecule has 3 N–H and O–H groups in total. The summed E-state index contributed by atoms with van der Waals surface area (Å²) in [5.41, 5.74) is 0.417.